The van der Waals surface area contributed by atoms with Crippen molar-refractivity contribution >= 4 is 56.9 Å². The summed E-state index contributed by atoms with van der Waals surface area (Å²) in [5.74, 6) is 1.25. The molecule has 2 aromatic heterocycles. The monoisotopic (exact) mass is 498 g/mol. The minimum absolute atomic E-state index is 0.0615. The molecule has 2 atom stereocenters. The Morgan fingerprint density at radius 3 is 2.94 bits per heavy atom. The highest BCUT2D eigenvalue weighted by Gasteiger charge is 2.30. The summed E-state index contributed by atoms with van der Waals surface area (Å²) >= 11 is 12.7. The zero-order valence-electron chi connectivity index (χ0n) is 18.8. The van der Waals surface area contributed by atoms with Gasteiger partial charge in [0.05, 0.1) is 45.8 Å². The molecule has 1 amide bonds. The van der Waals surface area contributed by atoms with Gasteiger partial charge in [0, 0.05) is 24.1 Å². The highest BCUT2D eigenvalue weighted by Crippen LogP contribution is 2.31. The average molecular weight is 499 g/mol. The number of carbonyl (C=O) groups is 1. The van der Waals surface area contributed by atoms with Crippen LogP contribution >= 0.6 is 23.2 Å². The molecule has 176 valence electrons. The molecular weight excluding hydrogens is 475 g/mol. The predicted octanol–water partition coefficient (Wildman–Crippen LogP) is 5.24. The maximum absolute atomic E-state index is 13.3. The summed E-state index contributed by atoms with van der Waals surface area (Å²) in [7, 11) is 1.65. The molecule has 3 heterocycles. The Balaban J connectivity index is 1.43. The molecule has 0 saturated carbocycles. The van der Waals surface area contributed by atoms with E-state index in [1.165, 1.54) is 6.33 Å². The molecule has 10 heteroatoms. The molecule has 1 fully saturated rings. The smallest absolute Gasteiger partial charge is 0.255 e. The number of aromatic nitrogens is 4. The van der Waals surface area contributed by atoms with Gasteiger partial charge in [0.1, 0.15) is 18.0 Å². The Kier molecular flexibility index (Phi) is 6.29. The summed E-state index contributed by atoms with van der Waals surface area (Å²) in [6.45, 7) is 3.19. The summed E-state index contributed by atoms with van der Waals surface area (Å²) in [4.78, 5) is 31.8. The van der Waals surface area contributed by atoms with Crippen molar-refractivity contribution in [2.45, 2.75) is 31.8 Å². The first-order chi connectivity index (χ1) is 16.4. The fraction of sp³-hybridized carbons (Fsp3) is 0.333. The Hall–Kier alpha value is -2.94. The number of hydrogen-bond donors (Lipinski definition) is 2. The average Bonchev–Trinajstić information content (AvgIpc) is 3.45. The Labute approximate surface area is 206 Å². The lowest BCUT2D eigenvalue weighted by atomic mass is 10.1. The van der Waals surface area contributed by atoms with Crippen molar-refractivity contribution in [3.63, 3.8) is 0 Å². The van der Waals surface area contributed by atoms with Gasteiger partial charge in [-0.3, -0.25) is 4.79 Å². The summed E-state index contributed by atoms with van der Waals surface area (Å²) in [5, 5.41) is 5.12. The number of benzene rings is 2. The minimum atomic E-state index is -0.177. The number of anilines is 1. The molecule has 8 nitrogen and oxygen atoms in total. The van der Waals surface area contributed by atoms with Crippen molar-refractivity contribution < 1.29 is 9.53 Å². The first kappa shape index (κ1) is 22.8. The number of rotatable bonds is 6. The van der Waals surface area contributed by atoms with Crippen LogP contribution in [0, 0.1) is 0 Å². The number of methoxy groups -OCH3 is 1. The van der Waals surface area contributed by atoms with Gasteiger partial charge in [-0.1, -0.05) is 23.2 Å². The normalized spacial score (nSPS) is 16.9. The number of halogens is 2. The zero-order chi connectivity index (χ0) is 23.8. The third-order valence-electron chi connectivity index (χ3n) is 6.18. The molecule has 0 aliphatic carbocycles. The van der Waals surface area contributed by atoms with Crippen LogP contribution in [-0.2, 0) is 4.74 Å². The van der Waals surface area contributed by atoms with E-state index in [1.807, 2.05) is 30.0 Å². The number of ether oxygens (including phenoxy) is 1. The quantitative estimate of drug-likeness (QED) is 0.377. The number of imidazole rings is 1. The number of hydrogen-bond acceptors (Lipinski definition) is 6. The first-order valence-corrected chi connectivity index (χ1v) is 11.9. The fourth-order valence-electron chi connectivity index (χ4n) is 4.46. The molecule has 4 aromatic rings. The van der Waals surface area contributed by atoms with Crippen molar-refractivity contribution in [1.29, 1.82) is 0 Å². The largest absolute Gasteiger partial charge is 0.383 e. The third kappa shape index (κ3) is 4.29. The number of likely N-dealkylation sites (tertiary alicyclic amines) is 1. The minimum Gasteiger partial charge on any atom is -0.383 e. The van der Waals surface area contributed by atoms with Crippen molar-refractivity contribution in [2.75, 3.05) is 25.6 Å². The third-order valence-corrected chi connectivity index (χ3v) is 6.73. The molecule has 0 bridgehead atoms. The van der Waals surface area contributed by atoms with E-state index >= 15 is 0 Å². The summed E-state index contributed by atoms with van der Waals surface area (Å²) in [6, 6.07) is 8.90. The fourth-order valence-corrected chi connectivity index (χ4v) is 4.88. The van der Waals surface area contributed by atoms with Gasteiger partial charge in [-0.15, -0.1) is 0 Å². The van der Waals surface area contributed by atoms with Gasteiger partial charge in [0.25, 0.3) is 5.91 Å². The molecule has 0 radical (unpaired) electrons. The van der Waals surface area contributed by atoms with Crippen LogP contribution in [0.1, 0.15) is 42.0 Å². The van der Waals surface area contributed by atoms with Crippen LogP contribution < -0.4 is 5.32 Å². The van der Waals surface area contributed by atoms with Crippen LogP contribution in [0.15, 0.2) is 36.7 Å². The van der Waals surface area contributed by atoms with Gasteiger partial charge >= 0.3 is 0 Å². The molecule has 2 N–H and O–H groups in total. The van der Waals surface area contributed by atoms with Crippen molar-refractivity contribution in [3.05, 3.63) is 58.1 Å². The molecule has 1 saturated heterocycles. The van der Waals surface area contributed by atoms with E-state index in [0.717, 1.165) is 35.1 Å². The lowest BCUT2D eigenvalue weighted by molar-refractivity contribution is 0.0631. The van der Waals surface area contributed by atoms with E-state index in [-0.39, 0.29) is 18.0 Å². The van der Waals surface area contributed by atoms with Crippen molar-refractivity contribution in [3.8, 4) is 0 Å². The second-order valence-electron chi connectivity index (χ2n) is 8.47. The molecule has 1 aliphatic heterocycles. The molecule has 0 spiro atoms. The van der Waals surface area contributed by atoms with Gasteiger partial charge in [-0.05, 0) is 50.1 Å². The Morgan fingerprint density at radius 2 is 2.12 bits per heavy atom. The number of H-pyrrole nitrogens is 1. The zero-order valence-corrected chi connectivity index (χ0v) is 20.3. The van der Waals surface area contributed by atoms with Gasteiger partial charge in [-0.2, -0.15) is 0 Å². The molecule has 2 aromatic carbocycles. The number of fused-ring (bicyclic) bond motifs is 2. The van der Waals surface area contributed by atoms with Crippen molar-refractivity contribution in [2.24, 2.45) is 0 Å². The summed E-state index contributed by atoms with van der Waals surface area (Å²) in [5.41, 5.74) is 2.77. The Bertz CT molecular complexity index is 1370. The molecule has 0 unspecified atom stereocenters. The van der Waals surface area contributed by atoms with E-state index in [2.05, 4.69) is 25.3 Å². The predicted molar refractivity (Wildman–Crippen MR) is 134 cm³/mol. The number of nitrogens with one attached hydrogen (secondary N) is 2. The standard InChI is InChI=1S/C24H24Cl2N6O2/c1-13(22-30-19-6-5-14(25)8-21(19)31-22)29-23-17-9-18(26)16(10-20(17)27-12-28-23)24(33)32-7-3-4-15(32)11-34-2/h5-6,8-10,12-13,15H,3-4,7,11H2,1-2H3,(H,30,31)(H,27,28,29)/t13-,15+/m1/s1. The summed E-state index contributed by atoms with van der Waals surface area (Å²) < 4.78 is 5.29. The van der Waals surface area contributed by atoms with E-state index in [4.69, 9.17) is 27.9 Å². The molecular formula is C24H24Cl2N6O2. The van der Waals surface area contributed by atoms with Gasteiger partial charge in [0.15, 0.2) is 0 Å². The van der Waals surface area contributed by atoms with Crippen molar-refractivity contribution in [1.82, 2.24) is 24.8 Å². The van der Waals surface area contributed by atoms with Crippen LogP contribution in [0.4, 0.5) is 5.82 Å². The maximum Gasteiger partial charge on any atom is 0.255 e. The number of nitrogens with zero attached hydrogens (tertiary/aromatic N) is 4. The van der Waals surface area contributed by atoms with Gasteiger partial charge in [-0.25, -0.2) is 15.0 Å². The van der Waals surface area contributed by atoms with Crippen LogP contribution in [0.25, 0.3) is 21.9 Å². The number of carbonyl (C=O) groups excluding carboxylic acids is 1. The molecule has 5 rings (SSSR count). The highest BCUT2D eigenvalue weighted by atomic mass is 35.5. The van der Waals surface area contributed by atoms with Gasteiger partial charge in [0.2, 0.25) is 0 Å². The lowest BCUT2D eigenvalue weighted by Gasteiger charge is -2.24. The van der Waals surface area contributed by atoms with E-state index in [1.54, 1.807) is 19.2 Å². The Morgan fingerprint density at radius 1 is 1.26 bits per heavy atom. The highest BCUT2D eigenvalue weighted by molar-refractivity contribution is 6.35. The van der Waals surface area contributed by atoms with E-state index in [9.17, 15) is 4.79 Å². The van der Waals surface area contributed by atoms with Crippen LogP contribution in [-0.4, -0.2) is 57.0 Å². The van der Waals surface area contributed by atoms with Crippen LogP contribution in [0.2, 0.25) is 10.0 Å². The second kappa shape index (κ2) is 9.37. The molecule has 1 aliphatic rings. The van der Waals surface area contributed by atoms with Crippen LogP contribution in [0.3, 0.4) is 0 Å². The maximum atomic E-state index is 13.3. The van der Waals surface area contributed by atoms with Crippen LogP contribution in [0.5, 0.6) is 0 Å². The summed E-state index contributed by atoms with van der Waals surface area (Å²) in [6.07, 6.45) is 3.35. The number of amides is 1. The SMILES string of the molecule is COC[C@@H]1CCCN1C(=O)c1cc2ncnc(N[C@H](C)c3nc4ccc(Cl)cc4[nH]3)c2cc1Cl. The topological polar surface area (TPSA) is 96.0 Å². The second-order valence-corrected chi connectivity index (χ2v) is 9.31. The van der Waals surface area contributed by atoms with E-state index < -0.39 is 0 Å². The first-order valence-electron chi connectivity index (χ1n) is 11.1. The van der Waals surface area contributed by atoms with E-state index in [0.29, 0.717) is 40.1 Å². The van der Waals surface area contributed by atoms with Gasteiger partial charge < -0.3 is 19.9 Å². The molecule has 34 heavy (non-hydrogen) atoms. The number of aromatic amines is 1. The lowest BCUT2D eigenvalue weighted by Crippen LogP contribution is -2.38.